The Morgan fingerprint density at radius 3 is 2.00 bits per heavy atom. The third-order valence-electron chi connectivity index (χ3n) is 2.56. The lowest BCUT2D eigenvalue weighted by Crippen LogP contribution is -2.35. The molecule has 1 fully saturated rings. The van der Waals surface area contributed by atoms with Crippen molar-refractivity contribution in [3.8, 4) is 0 Å². The summed E-state index contributed by atoms with van der Waals surface area (Å²) in [5.41, 5.74) is 1.60. The molecule has 0 aliphatic carbocycles. The fourth-order valence-electron chi connectivity index (χ4n) is 1.88. The molecule has 0 aromatic rings. The molecule has 3 heterocycles. The van der Waals surface area contributed by atoms with E-state index in [0.717, 1.165) is 5.92 Å². The molecule has 0 radical (unpaired) electrons. The fourth-order valence-corrected chi connectivity index (χ4v) is 1.88. The van der Waals surface area contributed by atoms with E-state index in [1.165, 1.54) is 25.9 Å². The summed E-state index contributed by atoms with van der Waals surface area (Å²) < 4.78 is 0. The van der Waals surface area contributed by atoms with Gasteiger partial charge < -0.3 is 4.90 Å². The predicted octanol–water partition coefficient (Wildman–Crippen LogP) is 2.64. The molecule has 0 unspecified atom stereocenters. The maximum Gasteiger partial charge on any atom is 0.0178 e. The molecule has 0 N–H and O–H groups in total. The molecule has 1 nitrogen and oxygen atoms in total. The molecule has 1 saturated heterocycles. The van der Waals surface area contributed by atoms with Crippen LogP contribution in [0.25, 0.3) is 0 Å². The van der Waals surface area contributed by atoms with Crippen LogP contribution in [0.2, 0.25) is 0 Å². The van der Waals surface area contributed by atoms with Crippen molar-refractivity contribution in [1.82, 2.24) is 4.90 Å². The zero-order valence-corrected chi connectivity index (χ0v) is 7.93. The van der Waals surface area contributed by atoms with Crippen LogP contribution in [-0.4, -0.2) is 18.0 Å². The van der Waals surface area contributed by atoms with Crippen LogP contribution in [0, 0.1) is 5.92 Å². The standard InChI is InChI=1S/C8H13N.C2H6/c1-7-6-9-4-2-8(7)3-5-9;1-2/h6,8H,2-5H2,1H3;1-2H3. The predicted molar refractivity (Wildman–Crippen MR) is 49.4 cm³/mol. The first-order valence-electron chi connectivity index (χ1n) is 4.78. The van der Waals surface area contributed by atoms with E-state index in [-0.39, 0.29) is 0 Å². The van der Waals surface area contributed by atoms with E-state index in [9.17, 15) is 0 Å². The van der Waals surface area contributed by atoms with Crippen molar-refractivity contribution in [3.63, 3.8) is 0 Å². The summed E-state index contributed by atoms with van der Waals surface area (Å²) in [5, 5.41) is 0. The van der Waals surface area contributed by atoms with Crippen LogP contribution in [0.15, 0.2) is 11.8 Å². The lowest BCUT2D eigenvalue weighted by Gasteiger charge is -2.38. The van der Waals surface area contributed by atoms with E-state index >= 15 is 0 Å². The summed E-state index contributed by atoms with van der Waals surface area (Å²) in [5.74, 6) is 0.940. The number of fused-ring (bicyclic) bond motifs is 2. The van der Waals surface area contributed by atoms with Crippen LogP contribution in [0.1, 0.15) is 33.6 Å². The molecule has 0 spiro atoms. The van der Waals surface area contributed by atoms with E-state index in [1.807, 2.05) is 13.8 Å². The van der Waals surface area contributed by atoms with Gasteiger partial charge >= 0.3 is 0 Å². The van der Waals surface area contributed by atoms with Gasteiger partial charge in [0.15, 0.2) is 0 Å². The van der Waals surface area contributed by atoms with Gasteiger partial charge in [0.1, 0.15) is 0 Å². The SMILES string of the molecule is CC.CC1=CN2CCC1CC2. The van der Waals surface area contributed by atoms with Gasteiger partial charge in [-0.3, -0.25) is 0 Å². The second kappa shape index (κ2) is 3.80. The van der Waals surface area contributed by atoms with Crippen molar-refractivity contribution in [2.24, 2.45) is 5.92 Å². The van der Waals surface area contributed by atoms with E-state index in [4.69, 9.17) is 0 Å². The van der Waals surface area contributed by atoms with Crippen molar-refractivity contribution < 1.29 is 0 Å². The van der Waals surface area contributed by atoms with E-state index < -0.39 is 0 Å². The topological polar surface area (TPSA) is 3.24 Å². The van der Waals surface area contributed by atoms with Gasteiger partial charge in [-0.15, -0.1) is 0 Å². The van der Waals surface area contributed by atoms with Gasteiger partial charge in [-0.2, -0.15) is 0 Å². The Labute approximate surface area is 70.1 Å². The highest BCUT2D eigenvalue weighted by atomic mass is 15.1. The lowest BCUT2D eigenvalue weighted by atomic mass is 9.87. The van der Waals surface area contributed by atoms with E-state index in [1.54, 1.807) is 5.57 Å². The van der Waals surface area contributed by atoms with Crippen molar-refractivity contribution in [2.45, 2.75) is 33.6 Å². The molecule has 3 rings (SSSR count). The largest absolute Gasteiger partial charge is 0.377 e. The summed E-state index contributed by atoms with van der Waals surface area (Å²) in [6.07, 6.45) is 5.14. The highest BCUT2D eigenvalue weighted by Gasteiger charge is 2.23. The highest BCUT2D eigenvalue weighted by Crippen LogP contribution is 2.29. The van der Waals surface area contributed by atoms with Gasteiger partial charge in [-0.25, -0.2) is 0 Å². The number of rotatable bonds is 0. The molecular weight excluding hydrogens is 134 g/mol. The molecule has 2 bridgehead atoms. The van der Waals surface area contributed by atoms with Gasteiger partial charge in [0.2, 0.25) is 0 Å². The first kappa shape index (κ1) is 8.63. The Kier molecular flexibility index (Phi) is 2.98. The average Bonchev–Trinajstić information content (AvgIpc) is 2.10. The quantitative estimate of drug-likeness (QED) is 0.517. The monoisotopic (exact) mass is 153 g/mol. The number of hydrogen-bond acceptors (Lipinski definition) is 1. The Bertz CT molecular complexity index is 141. The summed E-state index contributed by atoms with van der Waals surface area (Å²) in [6, 6.07) is 0. The van der Waals surface area contributed by atoms with Crippen LogP contribution in [0.5, 0.6) is 0 Å². The summed E-state index contributed by atoms with van der Waals surface area (Å²) in [6.45, 7) is 8.88. The normalized spacial score (nSPS) is 22.5. The minimum absolute atomic E-state index is 0.940. The van der Waals surface area contributed by atoms with Gasteiger partial charge in [0.05, 0.1) is 0 Å². The minimum atomic E-state index is 0.940. The van der Waals surface area contributed by atoms with Crippen LogP contribution in [0.3, 0.4) is 0 Å². The molecule has 64 valence electrons. The van der Waals surface area contributed by atoms with Crippen LogP contribution in [0.4, 0.5) is 0 Å². The van der Waals surface area contributed by atoms with Gasteiger partial charge in [0, 0.05) is 13.1 Å². The van der Waals surface area contributed by atoms with Gasteiger partial charge in [-0.05, 0) is 31.9 Å². The van der Waals surface area contributed by atoms with Crippen molar-refractivity contribution in [2.75, 3.05) is 13.1 Å². The highest BCUT2D eigenvalue weighted by molar-refractivity contribution is 5.10. The fraction of sp³-hybridized carbons (Fsp3) is 0.800. The maximum absolute atomic E-state index is 2.44. The molecule has 3 aliphatic heterocycles. The minimum Gasteiger partial charge on any atom is -0.377 e. The zero-order valence-electron chi connectivity index (χ0n) is 7.93. The van der Waals surface area contributed by atoms with Gasteiger partial charge in [-0.1, -0.05) is 19.4 Å². The molecule has 11 heavy (non-hydrogen) atoms. The van der Waals surface area contributed by atoms with E-state index in [0.29, 0.717) is 0 Å². The first-order valence-corrected chi connectivity index (χ1v) is 4.78. The average molecular weight is 153 g/mol. The van der Waals surface area contributed by atoms with Crippen LogP contribution < -0.4 is 0 Å². The molecule has 0 aromatic carbocycles. The Morgan fingerprint density at radius 2 is 1.82 bits per heavy atom. The first-order chi connectivity index (χ1) is 5.36. The Hall–Kier alpha value is -0.460. The molecule has 0 amide bonds. The maximum atomic E-state index is 2.44. The number of nitrogens with zero attached hydrogens (tertiary/aromatic N) is 1. The molecular formula is C10H19N. The molecule has 0 aromatic heterocycles. The number of allylic oxidation sites excluding steroid dienone is 1. The smallest absolute Gasteiger partial charge is 0.0178 e. The third kappa shape index (κ3) is 1.76. The second-order valence-corrected chi connectivity index (χ2v) is 3.18. The molecule has 0 saturated carbocycles. The number of piperidine rings is 1. The Balaban J connectivity index is 0.000000281. The summed E-state index contributed by atoms with van der Waals surface area (Å²) >= 11 is 0. The Morgan fingerprint density at radius 1 is 1.27 bits per heavy atom. The second-order valence-electron chi connectivity index (χ2n) is 3.18. The number of hydrogen-bond donors (Lipinski definition) is 0. The molecule has 1 heteroatoms. The van der Waals surface area contributed by atoms with Crippen molar-refractivity contribution >= 4 is 0 Å². The summed E-state index contributed by atoms with van der Waals surface area (Å²) in [7, 11) is 0. The van der Waals surface area contributed by atoms with Crippen LogP contribution >= 0.6 is 0 Å². The zero-order chi connectivity index (χ0) is 8.27. The van der Waals surface area contributed by atoms with Crippen molar-refractivity contribution in [3.05, 3.63) is 11.8 Å². The molecule has 3 aliphatic rings. The molecule has 0 atom stereocenters. The van der Waals surface area contributed by atoms with Crippen LogP contribution in [-0.2, 0) is 0 Å². The van der Waals surface area contributed by atoms with Gasteiger partial charge in [0.25, 0.3) is 0 Å². The third-order valence-corrected chi connectivity index (χ3v) is 2.56. The summed E-state index contributed by atoms with van der Waals surface area (Å²) in [4.78, 5) is 2.44. The van der Waals surface area contributed by atoms with E-state index in [2.05, 4.69) is 18.0 Å². The lowest BCUT2D eigenvalue weighted by molar-refractivity contribution is 0.230. The van der Waals surface area contributed by atoms with Crippen molar-refractivity contribution in [1.29, 1.82) is 0 Å².